The molecule has 2 heterocycles. The number of piperidine rings is 1. The van der Waals surface area contributed by atoms with Crippen LogP contribution in [0.2, 0.25) is 0 Å². The summed E-state index contributed by atoms with van der Waals surface area (Å²) in [7, 11) is 0. The molecule has 1 amide bonds. The zero-order chi connectivity index (χ0) is 29.4. The molecule has 0 spiro atoms. The van der Waals surface area contributed by atoms with E-state index in [0.717, 1.165) is 28.1 Å². The van der Waals surface area contributed by atoms with E-state index in [-0.39, 0.29) is 49.1 Å². The van der Waals surface area contributed by atoms with E-state index in [9.17, 15) is 18.9 Å². The normalized spacial score (nSPS) is 22.0. The molecule has 1 fully saturated rings. The van der Waals surface area contributed by atoms with E-state index in [1.165, 1.54) is 29.5 Å². The summed E-state index contributed by atoms with van der Waals surface area (Å²) in [6.07, 6.45) is 13.7. The Kier molecular flexibility index (Phi) is 9.99. The van der Waals surface area contributed by atoms with Gasteiger partial charge in [-0.1, -0.05) is 35.5 Å². The van der Waals surface area contributed by atoms with Crippen molar-refractivity contribution >= 4 is 11.7 Å². The van der Waals surface area contributed by atoms with Gasteiger partial charge in [0.25, 0.3) is 5.91 Å². The van der Waals surface area contributed by atoms with Crippen molar-refractivity contribution in [2.45, 2.75) is 38.3 Å². The Labute approximate surface area is 238 Å². The average Bonchev–Trinajstić information content (AvgIpc) is 3.09. The van der Waals surface area contributed by atoms with Crippen molar-refractivity contribution in [2.75, 3.05) is 19.6 Å². The number of hydrazine groups is 1. The Morgan fingerprint density at radius 2 is 2.20 bits per heavy atom. The smallest absolute Gasteiger partial charge is 0.255 e. The van der Waals surface area contributed by atoms with E-state index in [1.807, 2.05) is 43.4 Å². The molecule has 216 valence electrons. The van der Waals surface area contributed by atoms with Crippen molar-refractivity contribution in [1.82, 2.24) is 21.0 Å². The second-order valence-electron chi connectivity index (χ2n) is 10.4. The third-order valence-corrected chi connectivity index (χ3v) is 7.16. The molecule has 0 radical (unpaired) electrons. The number of nitrogens with zero attached hydrogens (tertiary/aromatic N) is 2. The number of hydrogen-bond donors (Lipinski definition) is 5. The van der Waals surface area contributed by atoms with Gasteiger partial charge in [0.05, 0.1) is 13.1 Å². The molecule has 7 N–H and O–H groups in total. The Hall–Kier alpha value is -4.35. The molecule has 1 aromatic carbocycles. The first kappa shape index (κ1) is 29.6. The molecule has 3 aliphatic rings. The number of nitrogens with two attached hydrogens (primary N) is 2. The maximum absolute atomic E-state index is 13.9. The largest absolute Gasteiger partial charge is 0.403 e. The molecule has 41 heavy (non-hydrogen) atoms. The van der Waals surface area contributed by atoms with Crippen LogP contribution in [-0.4, -0.2) is 48.4 Å². The Balaban J connectivity index is 1.47. The average molecular weight is 562 g/mol. The number of allylic oxidation sites excluding steroid dienone is 7. The van der Waals surface area contributed by atoms with Gasteiger partial charge in [-0.15, -0.1) is 0 Å². The van der Waals surface area contributed by atoms with Crippen LogP contribution >= 0.6 is 0 Å². The fourth-order valence-corrected chi connectivity index (χ4v) is 5.28. The summed E-state index contributed by atoms with van der Waals surface area (Å²) < 4.78 is 13.9. The zero-order valence-corrected chi connectivity index (χ0v) is 23.0. The van der Waals surface area contributed by atoms with Gasteiger partial charge in [-0.3, -0.25) is 9.59 Å². The number of halogens is 1. The summed E-state index contributed by atoms with van der Waals surface area (Å²) in [5.41, 5.74) is 10.2. The molecule has 2 bridgehead atoms. The molecule has 11 heteroatoms. The lowest BCUT2D eigenvalue weighted by Crippen LogP contribution is -2.42. The lowest BCUT2D eigenvalue weighted by molar-refractivity contribution is -0.121. The number of fused-ring (bicyclic) bond motifs is 2. The maximum Gasteiger partial charge on any atom is 0.255 e. The summed E-state index contributed by atoms with van der Waals surface area (Å²) in [5, 5.41) is 13.7. The monoisotopic (exact) mass is 561 g/mol. The van der Waals surface area contributed by atoms with E-state index in [0.29, 0.717) is 24.8 Å². The van der Waals surface area contributed by atoms with Crippen molar-refractivity contribution in [2.24, 2.45) is 22.7 Å². The second-order valence-corrected chi connectivity index (χ2v) is 10.4. The predicted octanol–water partition coefficient (Wildman–Crippen LogP) is 2.35. The molecule has 0 saturated carbocycles. The molecular weight excluding hydrogens is 525 g/mol. The molecule has 1 aliphatic carbocycles. The maximum atomic E-state index is 13.9. The number of hydrogen-bond acceptors (Lipinski definition) is 9. The van der Waals surface area contributed by atoms with Crippen LogP contribution in [0.15, 0.2) is 100 Å². The van der Waals surface area contributed by atoms with Crippen LogP contribution in [0, 0.1) is 16.6 Å². The lowest BCUT2D eigenvalue weighted by Gasteiger charge is -2.29. The zero-order valence-electron chi connectivity index (χ0n) is 23.0. The van der Waals surface area contributed by atoms with E-state index in [2.05, 4.69) is 21.1 Å². The van der Waals surface area contributed by atoms with Crippen molar-refractivity contribution in [3.05, 3.63) is 111 Å². The molecule has 3 atom stereocenters. The molecular formula is C30H36FN7O3. The van der Waals surface area contributed by atoms with Gasteiger partial charge in [0.1, 0.15) is 11.9 Å². The van der Waals surface area contributed by atoms with Gasteiger partial charge in [0.2, 0.25) is 0 Å². The minimum atomic E-state index is -0.654. The van der Waals surface area contributed by atoms with Crippen molar-refractivity contribution < 1.29 is 14.0 Å². The number of nitroso groups, excluding NO2 is 1. The van der Waals surface area contributed by atoms with Gasteiger partial charge in [-0.05, 0) is 60.8 Å². The van der Waals surface area contributed by atoms with Crippen LogP contribution in [0.5, 0.6) is 0 Å². The van der Waals surface area contributed by atoms with Gasteiger partial charge < -0.3 is 26.7 Å². The Morgan fingerprint density at radius 3 is 2.95 bits per heavy atom. The fraction of sp³-hybridized carbons (Fsp3) is 0.333. The first-order chi connectivity index (χ1) is 19.7. The SMILES string of the molecule is CC1=CC(C(=O)CNCC(CN(N)/C=C\N)N=O)CC(/C=C2\C(=O)NC3=CC=CC(Cc4cccc(F)c4)=C2C3)N1. The van der Waals surface area contributed by atoms with Crippen molar-refractivity contribution in [1.29, 1.82) is 0 Å². The van der Waals surface area contributed by atoms with Crippen LogP contribution in [0.3, 0.4) is 0 Å². The highest BCUT2D eigenvalue weighted by atomic mass is 19.1. The van der Waals surface area contributed by atoms with E-state index >= 15 is 0 Å². The van der Waals surface area contributed by atoms with Crippen LogP contribution in [0.1, 0.15) is 25.3 Å². The van der Waals surface area contributed by atoms with E-state index < -0.39 is 6.04 Å². The number of amides is 1. The number of Topliss-reactive ketones (excluding diaryl/α,β-unsaturated/α-hetero) is 1. The summed E-state index contributed by atoms with van der Waals surface area (Å²) in [4.78, 5) is 37.5. The highest BCUT2D eigenvalue weighted by molar-refractivity contribution is 6.01. The summed E-state index contributed by atoms with van der Waals surface area (Å²) in [5.74, 6) is 4.80. The lowest BCUT2D eigenvalue weighted by atomic mass is 9.85. The summed E-state index contributed by atoms with van der Waals surface area (Å²) >= 11 is 0. The van der Waals surface area contributed by atoms with Crippen LogP contribution in [0.4, 0.5) is 4.39 Å². The van der Waals surface area contributed by atoms with Gasteiger partial charge >= 0.3 is 0 Å². The van der Waals surface area contributed by atoms with Gasteiger partial charge in [-0.2, -0.15) is 4.91 Å². The number of benzene rings is 1. The number of carbonyl (C=O) groups is 2. The molecule has 1 aromatic rings. The molecule has 10 nitrogen and oxygen atoms in total. The second kappa shape index (κ2) is 13.8. The van der Waals surface area contributed by atoms with Crippen molar-refractivity contribution in [3.63, 3.8) is 0 Å². The van der Waals surface area contributed by atoms with Gasteiger partial charge in [-0.25, -0.2) is 10.2 Å². The number of nitrogens with one attached hydrogen (secondary N) is 3. The highest BCUT2D eigenvalue weighted by Crippen LogP contribution is 2.33. The molecule has 1 saturated heterocycles. The topological polar surface area (TPSA) is 155 Å². The quantitative estimate of drug-likeness (QED) is 0.113. The minimum absolute atomic E-state index is 0.0351. The van der Waals surface area contributed by atoms with E-state index in [4.69, 9.17) is 11.6 Å². The fourth-order valence-electron chi connectivity index (χ4n) is 5.28. The van der Waals surface area contributed by atoms with Crippen LogP contribution in [-0.2, 0) is 16.0 Å². The third kappa shape index (κ3) is 8.09. The number of carbonyl (C=O) groups excluding carboxylic acids is 2. The first-order valence-corrected chi connectivity index (χ1v) is 13.5. The Bertz CT molecular complexity index is 1360. The predicted molar refractivity (Wildman–Crippen MR) is 156 cm³/mol. The van der Waals surface area contributed by atoms with Crippen molar-refractivity contribution in [3.8, 4) is 0 Å². The van der Waals surface area contributed by atoms with Gasteiger partial charge in [0.15, 0.2) is 5.78 Å². The first-order valence-electron chi connectivity index (χ1n) is 13.5. The van der Waals surface area contributed by atoms with Crippen LogP contribution < -0.4 is 27.5 Å². The summed E-state index contributed by atoms with van der Waals surface area (Å²) in [6.45, 7) is 2.29. The third-order valence-electron chi connectivity index (χ3n) is 7.16. The molecule has 3 unspecified atom stereocenters. The number of rotatable bonds is 12. The highest BCUT2D eigenvalue weighted by Gasteiger charge is 2.30. The molecule has 0 aromatic heterocycles. The Morgan fingerprint density at radius 1 is 1.37 bits per heavy atom. The van der Waals surface area contributed by atoms with E-state index in [1.54, 1.807) is 6.07 Å². The molecule has 4 rings (SSSR count). The number of ketones is 1. The van der Waals surface area contributed by atoms with Crippen LogP contribution in [0.25, 0.3) is 0 Å². The minimum Gasteiger partial charge on any atom is -0.403 e. The molecule has 2 aliphatic heterocycles. The standard InChI is InChI=1S/C30H36FN7O3/c1-19-10-22(29(39)17-34-16-26(37-41)18-38(33)9-8-32)13-25(35-19)15-28-27-14-24(36-30(28)40)7-3-5-21(27)11-20-4-2-6-23(31)12-20/h2-10,12,15,22,25-26,34-35H,11,13-14,16-18,32-33H2,1H3,(H,36,40)/b9-8-,28-15-. The summed E-state index contributed by atoms with van der Waals surface area (Å²) in [6, 6.07) is 5.55. The van der Waals surface area contributed by atoms with Gasteiger partial charge in [0, 0.05) is 54.3 Å².